The Morgan fingerprint density at radius 2 is 1.96 bits per heavy atom. The van der Waals surface area contributed by atoms with E-state index in [1.807, 2.05) is 24.3 Å². The third kappa shape index (κ3) is 5.79. The Labute approximate surface area is 165 Å². The van der Waals surface area contributed by atoms with Gasteiger partial charge in [0.15, 0.2) is 0 Å². The lowest BCUT2D eigenvalue weighted by atomic mass is 10.1. The molecule has 1 fully saturated rings. The predicted molar refractivity (Wildman–Crippen MR) is 109 cm³/mol. The normalized spacial score (nSPS) is 16.3. The van der Waals surface area contributed by atoms with Crippen LogP contribution in [0.2, 0.25) is 0 Å². The quantitative estimate of drug-likeness (QED) is 0.751. The van der Waals surface area contributed by atoms with E-state index in [9.17, 15) is 4.79 Å². The Hall–Kier alpha value is -1.89. The number of rotatable bonds is 8. The summed E-state index contributed by atoms with van der Waals surface area (Å²) < 4.78 is 11.2. The van der Waals surface area contributed by atoms with Crippen molar-refractivity contribution in [1.82, 2.24) is 10.2 Å². The zero-order valence-electron chi connectivity index (χ0n) is 16.0. The zero-order chi connectivity index (χ0) is 19.1. The number of nitrogens with zero attached hydrogens (tertiary/aromatic N) is 1. The predicted octanol–water partition coefficient (Wildman–Crippen LogP) is 3.59. The van der Waals surface area contributed by atoms with E-state index in [0.717, 1.165) is 32.1 Å². The first-order chi connectivity index (χ1) is 13.1. The van der Waals surface area contributed by atoms with Gasteiger partial charge in [0.2, 0.25) is 0 Å². The Balaban J connectivity index is 1.58. The first-order valence-electron chi connectivity index (χ1n) is 9.49. The molecule has 1 atom stereocenters. The molecular formula is C21H28N2O3S. The molecule has 1 N–H and O–H groups in total. The fourth-order valence-corrected chi connectivity index (χ4v) is 3.90. The van der Waals surface area contributed by atoms with Crippen molar-refractivity contribution in [3.05, 3.63) is 52.2 Å². The van der Waals surface area contributed by atoms with Crippen LogP contribution in [0.25, 0.3) is 0 Å². The van der Waals surface area contributed by atoms with E-state index in [0.29, 0.717) is 24.6 Å². The molecule has 27 heavy (non-hydrogen) atoms. The van der Waals surface area contributed by atoms with Gasteiger partial charge in [-0.15, -0.1) is 11.3 Å². The molecule has 1 aromatic carbocycles. The highest BCUT2D eigenvalue weighted by Gasteiger charge is 2.24. The second-order valence-corrected chi connectivity index (χ2v) is 8.10. The lowest BCUT2D eigenvalue weighted by molar-refractivity contribution is 0.0169. The van der Waals surface area contributed by atoms with Gasteiger partial charge >= 0.3 is 0 Å². The molecule has 1 amide bonds. The van der Waals surface area contributed by atoms with Crippen LogP contribution in [0.1, 0.15) is 35.1 Å². The average molecular weight is 389 g/mol. The van der Waals surface area contributed by atoms with Gasteiger partial charge in [0.1, 0.15) is 5.75 Å². The third-order valence-electron chi connectivity index (χ3n) is 4.51. The average Bonchev–Trinajstić information content (AvgIpc) is 3.22. The van der Waals surface area contributed by atoms with Crippen molar-refractivity contribution in [3.8, 4) is 5.75 Å². The maximum atomic E-state index is 12.6. The molecule has 0 saturated carbocycles. The molecule has 0 radical (unpaired) electrons. The number of hydrogen-bond donors (Lipinski definition) is 1. The van der Waals surface area contributed by atoms with Crippen molar-refractivity contribution < 1.29 is 14.3 Å². The minimum atomic E-state index is -0.0553. The molecule has 0 aliphatic carbocycles. The van der Waals surface area contributed by atoms with Crippen LogP contribution in [0.5, 0.6) is 5.75 Å². The fraction of sp³-hybridized carbons (Fsp3) is 0.476. The molecule has 0 spiro atoms. The van der Waals surface area contributed by atoms with Crippen LogP contribution in [-0.2, 0) is 4.74 Å². The van der Waals surface area contributed by atoms with Crippen LogP contribution >= 0.6 is 11.3 Å². The largest absolute Gasteiger partial charge is 0.493 e. The summed E-state index contributed by atoms with van der Waals surface area (Å²) in [6.45, 7) is 8.75. The van der Waals surface area contributed by atoms with E-state index < -0.39 is 0 Å². The molecule has 3 rings (SSSR count). The molecule has 1 aliphatic heterocycles. The fourth-order valence-electron chi connectivity index (χ4n) is 3.04. The summed E-state index contributed by atoms with van der Waals surface area (Å²) in [4.78, 5) is 16.2. The number of ether oxygens (including phenoxy) is 2. The number of nitrogens with one attached hydrogen (secondary N) is 1. The number of hydrogen-bond acceptors (Lipinski definition) is 5. The monoisotopic (exact) mass is 388 g/mol. The van der Waals surface area contributed by atoms with Gasteiger partial charge in [-0.3, -0.25) is 9.69 Å². The summed E-state index contributed by atoms with van der Waals surface area (Å²) in [7, 11) is 0. The maximum Gasteiger partial charge on any atom is 0.251 e. The topological polar surface area (TPSA) is 50.8 Å². The van der Waals surface area contributed by atoms with Crippen molar-refractivity contribution in [2.45, 2.75) is 19.9 Å². The molecule has 2 heterocycles. The van der Waals surface area contributed by atoms with Crippen molar-refractivity contribution in [3.63, 3.8) is 0 Å². The molecule has 1 saturated heterocycles. The highest BCUT2D eigenvalue weighted by atomic mass is 32.1. The Morgan fingerprint density at radius 1 is 1.22 bits per heavy atom. The minimum Gasteiger partial charge on any atom is -0.493 e. The van der Waals surface area contributed by atoms with E-state index in [4.69, 9.17) is 9.47 Å². The highest BCUT2D eigenvalue weighted by Crippen LogP contribution is 2.25. The molecule has 0 bridgehead atoms. The highest BCUT2D eigenvalue weighted by molar-refractivity contribution is 7.10. The third-order valence-corrected chi connectivity index (χ3v) is 5.49. The molecule has 146 valence electrons. The summed E-state index contributed by atoms with van der Waals surface area (Å²) in [6, 6.07) is 11.7. The van der Waals surface area contributed by atoms with E-state index in [1.165, 1.54) is 4.88 Å². The van der Waals surface area contributed by atoms with Gasteiger partial charge in [0, 0.05) is 30.1 Å². The van der Waals surface area contributed by atoms with Gasteiger partial charge in [0.05, 0.1) is 25.9 Å². The van der Waals surface area contributed by atoms with Gasteiger partial charge in [-0.2, -0.15) is 0 Å². The van der Waals surface area contributed by atoms with Crippen LogP contribution in [0.15, 0.2) is 41.8 Å². The van der Waals surface area contributed by atoms with Gasteiger partial charge in [-0.1, -0.05) is 19.9 Å². The van der Waals surface area contributed by atoms with E-state index in [2.05, 4.69) is 41.6 Å². The van der Waals surface area contributed by atoms with Crippen LogP contribution < -0.4 is 10.1 Å². The molecule has 6 heteroatoms. The number of carbonyl (C=O) groups is 1. The van der Waals surface area contributed by atoms with Crippen molar-refractivity contribution in [2.75, 3.05) is 39.5 Å². The second-order valence-electron chi connectivity index (χ2n) is 7.12. The number of carbonyl (C=O) groups excluding carboxylic acids is 1. The molecule has 1 aliphatic rings. The van der Waals surface area contributed by atoms with Crippen molar-refractivity contribution in [1.29, 1.82) is 0 Å². The van der Waals surface area contributed by atoms with Crippen LogP contribution in [0, 0.1) is 5.92 Å². The minimum absolute atomic E-state index is 0.0553. The standard InChI is InChI=1S/C21H28N2O3S/c1-16(2)15-26-18-7-5-17(6-8-18)21(24)22-14-19(20-4-3-13-27-20)23-9-11-25-12-10-23/h3-8,13,16,19H,9-12,14-15H2,1-2H3,(H,22,24)/t19-/m1/s1. The van der Waals surface area contributed by atoms with Crippen LogP contribution in [0.3, 0.4) is 0 Å². The number of benzene rings is 1. The number of amides is 1. The van der Waals surface area contributed by atoms with E-state index in [-0.39, 0.29) is 11.9 Å². The van der Waals surface area contributed by atoms with Gasteiger partial charge in [-0.05, 0) is 41.6 Å². The molecular weight excluding hydrogens is 360 g/mol. The summed E-state index contributed by atoms with van der Waals surface area (Å²) in [6.07, 6.45) is 0. The summed E-state index contributed by atoms with van der Waals surface area (Å²) in [5.41, 5.74) is 0.652. The Kier molecular flexibility index (Phi) is 7.26. The van der Waals surface area contributed by atoms with E-state index >= 15 is 0 Å². The second kappa shape index (κ2) is 9.88. The smallest absolute Gasteiger partial charge is 0.251 e. The van der Waals surface area contributed by atoms with Crippen LogP contribution in [-0.4, -0.2) is 50.3 Å². The summed E-state index contributed by atoms with van der Waals surface area (Å²) in [5.74, 6) is 1.22. The first-order valence-corrected chi connectivity index (χ1v) is 10.4. The number of thiophene rings is 1. The molecule has 2 aromatic rings. The molecule has 5 nitrogen and oxygen atoms in total. The summed E-state index contributed by atoms with van der Waals surface area (Å²) in [5, 5.41) is 5.18. The van der Waals surface area contributed by atoms with Gasteiger partial charge < -0.3 is 14.8 Å². The van der Waals surface area contributed by atoms with Crippen molar-refractivity contribution >= 4 is 17.2 Å². The SMILES string of the molecule is CC(C)COc1ccc(C(=O)NC[C@H](c2cccs2)N2CCOCC2)cc1. The first kappa shape index (κ1) is 19.9. The lowest BCUT2D eigenvalue weighted by Crippen LogP contribution is -2.43. The Bertz CT molecular complexity index is 695. The van der Waals surface area contributed by atoms with Gasteiger partial charge in [-0.25, -0.2) is 0 Å². The van der Waals surface area contributed by atoms with Crippen molar-refractivity contribution in [2.24, 2.45) is 5.92 Å². The van der Waals surface area contributed by atoms with Gasteiger partial charge in [0.25, 0.3) is 5.91 Å². The lowest BCUT2D eigenvalue weighted by Gasteiger charge is -2.34. The molecule has 0 unspecified atom stereocenters. The Morgan fingerprint density at radius 3 is 2.59 bits per heavy atom. The summed E-state index contributed by atoms with van der Waals surface area (Å²) >= 11 is 1.73. The number of morpholine rings is 1. The zero-order valence-corrected chi connectivity index (χ0v) is 16.8. The van der Waals surface area contributed by atoms with Crippen LogP contribution in [0.4, 0.5) is 0 Å². The molecule has 1 aromatic heterocycles. The maximum absolute atomic E-state index is 12.6. The van der Waals surface area contributed by atoms with E-state index in [1.54, 1.807) is 11.3 Å².